The number of carboxylic acids is 1. The second-order valence-electron chi connectivity index (χ2n) is 4.54. The number of carboxylic acid groups (broad SMARTS) is 1. The molecule has 1 unspecified atom stereocenters. The van der Waals surface area contributed by atoms with E-state index in [1.165, 1.54) is 6.07 Å². The number of benzene rings is 1. The predicted molar refractivity (Wildman–Crippen MR) is 85.0 cm³/mol. The summed E-state index contributed by atoms with van der Waals surface area (Å²) in [5.41, 5.74) is -1.33. The SMILES string of the molecule is CCOC(=O)C(CCCSC)(C(=O)O)c1cccc(Cl)c1. The Balaban J connectivity index is 3.29. The van der Waals surface area contributed by atoms with Gasteiger partial charge in [0.05, 0.1) is 6.61 Å². The summed E-state index contributed by atoms with van der Waals surface area (Å²) < 4.78 is 5.02. The Hall–Kier alpha value is -1.20. The number of halogens is 1. The molecule has 0 spiro atoms. The smallest absolute Gasteiger partial charge is 0.328 e. The first-order valence-corrected chi connectivity index (χ1v) is 8.41. The fourth-order valence-electron chi connectivity index (χ4n) is 2.17. The van der Waals surface area contributed by atoms with Crippen molar-refractivity contribution in [3.63, 3.8) is 0 Å². The molecule has 1 rings (SSSR count). The molecule has 0 saturated carbocycles. The molecule has 0 bridgehead atoms. The zero-order valence-electron chi connectivity index (χ0n) is 12.1. The Bertz CT molecular complexity index is 506. The molecule has 0 aliphatic carbocycles. The molecule has 0 fully saturated rings. The third-order valence-electron chi connectivity index (χ3n) is 3.21. The van der Waals surface area contributed by atoms with Crippen LogP contribution in [0.3, 0.4) is 0 Å². The fraction of sp³-hybridized carbons (Fsp3) is 0.467. The third kappa shape index (κ3) is 4.14. The van der Waals surface area contributed by atoms with Crippen LogP contribution in [0.15, 0.2) is 24.3 Å². The molecule has 1 N–H and O–H groups in total. The Morgan fingerprint density at radius 2 is 2.14 bits per heavy atom. The molecule has 21 heavy (non-hydrogen) atoms. The van der Waals surface area contributed by atoms with Gasteiger partial charge in [-0.15, -0.1) is 0 Å². The van der Waals surface area contributed by atoms with Crippen LogP contribution in [0.25, 0.3) is 0 Å². The normalized spacial score (nSPS) is 13.5. The largest absolute Gasteiger partial charge is 0.480 e. The number of hydrogen-bond acceptors (Lipinski definition) is 4. The number of carbonyl (C=O) groups is 2. The topological polar surface area (TPSA) is 63.6 Å². The molecule has 0 radical (unpaired) electrons. The molecular weight excluding hydrogens is 312 g/mol. The maximum atomic E-state index is 12.4. The van der Waals surface area contributed by atoms with Crippen LogP contribution in [0.4, 0.5) is 0 Å². The van der Waals surface area contributed by atoms with Gasteiger partial charge in [-0.3, -0.25) is 9.59 Å². The summed E-state index contributed by atoms with van der Waals surface area (Å²) in [6, 6.07) is 6.41. The molecule has 0 amide bonds. The van der Waals surface area contributed by atoms with Crippen LogP contribution in [0.2, 0.25) is 5.02 Å². The number of hydrogen-bond donors (Lipinski definition) is 1. The van der Waals surface area contributed by atoms with Crippen molar-refractivity contribution >= 4 is 35.3 Å². The summed E-state index contributed by atoms with van der Waals surface area (Å²) in [5.74, 6) is -1.17. The van der Waals surface area contributed by atoms with Crippen LogP contribution in [-0.2, 0) is 19.7 Å². The number of aliphatic carboxylic acids is 1. The lowest BCUT2D eigenvalue weighted by atomic mass is 9.76. The van der Waals surface area contributed by atoms with Crippen LogP contribution >= 0.6 is 23.4 Å². The summed E-state index contributed by atoms with van der Waals surface area (Å²) in [4.78, 5) is 24.3. The van der Waals surface area contributed by atoms with Gasteiger partial charge in [0.25, 0.3) is 0 Å². The standard InChI is InChI=1S/C15H19ClO4S/c1-3-20-14(19)15(13(17)18,8-5-9-21-2)11-6-4-7-12(16)10-11/h4,6-7,10H,3,5,8-9H2,1-2H3,(H,17,18). The molecule has 6 heteroatoms. The summed E-state index contributed by atoms with van der Waals surface area (Å²) in [5, 5.41) is 10.1. The van der Waals surface area contributed by atoms with Gasteiger partial charge in [-0.25, -0.2) is 0 Å². The minimum atomic E-state index is -1.70. The Kier molecular flexibility index (Phi) is 7.05. The first kappa shape index (κ1) is 17.9. The van der Waals surface area contributed by atoms with E-state index in [0.717, 1.165) is 5.75 Å². The summed E-state index contributed by atoms with van der Waals surface area (Å²) in [6.07, 6.45) is 2.72. The predicted octanol–water partition coefficient (Wildman–Crippen LogP) is 3.37. The minimum Gasteiger partial charge on any atom is -0.480 e. The third-order valence-corrected chi connectivity index (χ3v) is 4.14. The van der Waals surface area contributed by atoms with Crippen molar-refractivity contribution in [3.05, 3.63) is 34.9 Å². The fourth-order valence-corrected chi connectivity index (χ4v) is 2.80. The Morgan fingerprint density at radius 3 is 2.67 bits per heavy atom. The van der Waals surface area contributed by atoms with Crippen molar-refractivity contribution in [2.75, 3.05) is 18.6 Å². The van der Waals surface area contributed by atoms with Gasteiger partial charge in [-0.1, -0.05) is 23.7 Å². The van der Waals surface area contributed by atoms with E-state index in [0.29, 0.717) is 17.0 Å². The number of thioether (sulfide) groups is 1. The monoisotopic (exact) mass is 330 g/mol. The molecule has 1 aromatic carbocycles. The number of esters is 1. The average molecular weight is 331 g/mol. The van der Waals surface area contributed by atoms with Gasteiger partial charge in [0.15, 0.2) is 5.41 Å². The van der Waals surface area contributed by atoms with Gasteiger partial charge in [0.2, 0.25) is 0 Å². The first-order valence-electron chi connectivity index (χ1n) is 6.64. The first-order chi connectivity index (χ1) is 9.98. The highest BCUT2D eigenvalue weighted by Crippen LogP contribution is 2.33. The lowest BCUT2D eigenvalue weighted by Gasteiger charge is -2.27. The number of carbonyl (C=O) groups excluding carboxylic acids is 1. The van der Waals surface area contributed by atoms with Crippen molar-refractivity contribution < 1.29 is 19.4 Å². The highest BCUT2D eigenvalue weighted by Gasteiger charge is 2.49. The van der Waals surface area contributed by atoms with Crippen LogP contribution in [0.1, 0.15) is 25.3 Å². The number of ether oxygens (including phenoxy) is 1. The maximum Gasteiger partial charge on any atom is 0.328 e. The van der Waals surface area contributed by atoms with E-state index in [1.54, 1.807) is 36.9 Å². The van der Waals surface area contributed by atoms with E-state index in [-0.39, 0.29) is 13.0 Å². The zero-order valence-corrected chi connectivity index (χ0v) is 13.7. The lowest BCUT2D eigenvalue weighted by Crippen LogP contribution is -2.45. The molecule has 116 valence electrons. The molecular formula is C15H19ClO4S. The highest BCUT2D eigenvalue weighted by atomic mass is 35.5. The summed E-state index contributed by atoms with van der Waals surface area (Å²) >= 11 is 7.56. The highest BCUT2D eigenvalue weighted by molar-refractivity contribution is 7.98. The quantitative estimate of drug-likeness (QED) is 0.450. The molecule has 1 aromatic rings. The van der Waals surface area contributed by atoms with Crippen molar-refractivity contribution in [3.8, 4) is 0 Å². The molecule has 0 saturated heterocycles. The van der Waals surface area contributed by atoms with Gasteiger partial charge < -0.3 is 9.84 Å². The second-order valence-corrected chi connectivity index (χ2v) is 5.96. The van der Waals surface area contributed by atoms with E-state index in [1.807, 2.05) is 6.26 Å². The van der Waals surface area contributed by atoms with Crippen molar-refractivity contribution in [1.82, 2.24) is 0 Å². The van der Waals surface area contributed by atoms with Gasteiger partial charge >= 0.3 is 11.9 Å². The zero-order chi connectivity index (χ0) is 15.9. The minimum absolute atomic E-state index is 0.136. The molecule has 0 aliphatic rings. The van der Waals surface area contributed by atoms with E-state index in [4.69, 9.17) is 16.3 Å². The van der Waals surface area contributed by atoms with E-state index >= 15 is 0 Å². The molecule has 0 heterocycles. The lowest BCUT2D eigenvalue weighted by molar-refractivity contribution is -0.162. The molecule has 4 nitrogen and oxygen atoms in total. The molecule has 0 aromatic heterocycles. The van der Waals surface area contributed by atoms with E-state index in [2.05, 4.69) is 0 Å². The summed E-state index contributed by atoms with van der Waals surface area (Å²) in [7, 11) is 0. The van der Waals surface area contributed by atoms with E-state index < -0.39 is 17.4 Å². The van der Waals surface area contributed by atoms with Crippen molar-refractivity contribution in [1.29, 1.82) is 0 Å². The Morgan fingerprint density at radius 1 is 1.43 bits per heavy atom. The van der Waals surface area contributed by atoms with Crippen LogP contribution < -0.4 is 0 Å². The molecule has 1 atom stereocenters. The molecule has 0 aliphatic heterocycles. The van der Waals surface area contributed by atoms with Crippen LogP contribution in [-0.4, -0.2) is 35.7 Å². The number of rotatable bonds is 8. The van der Waals surface area contributed by atoms with Crippen molar-refractivity contribution in [2.45, 2.75) is 25.2 Å². The maximum absolute atomic E-state index is 12.4. The van der Waals surface area contributed by atoms with Crippen LogP contribution in [0, 0.1) is 0 Å². The van der Waals surface area contributed by atoms with Crippen molar-refractivity contribution in [2.24, 2.45) is 0 Å². The van der Waals surface area contributed by atoms with Gasteiger partial charge in [-0.2, -0.15) is 11.8 Å². The van der Waals surface area contributed by atoms with Gasteiger partial charge in [0, 0.05) is 5.02 Å². The second kappa shape index (κ2) is 8.29. The van der Waals surface area contributed by atoms with Gasteiger partial charge in [0.1, 0.15) is 0 Å². The summed E-state index contributed by atoms with van der Waals surface area (Å²) in [6.45, 7) is 1.79. The van der Waals surface area contributed by atoms with Gasteiger partial charge in [-0.05, 0) is 49.5 Å². The average Bonchev–Trinajstić information content (AvgIpc) is 2.43. The van der Waals surface area contributed by atoms with E-state index in [9.17, 15) is 14.7 Å². The van der Waals surface area contributed by atoms with Crippen LogP contribution in [0.5, 0.6) is 0 Å². The Labute approximate surface area is 133 Å².